The molecule has 2 unspecified atom stereocenters. The van der Waals surface area contributed by atoms with Gasteiger partial charge in [-0.2, -0.15) is 0 Å². The Morgan fingerprint density at radius 3 is 2.15 bits per heavy atom. The first-order valence-electron chi connectivity index (χ1n) is 8.95. The van der Waals surface area contributed by atoms with Crippen LogP contribution in [0.4, 0.5) is 4.79 Å². The molecule has 0 spiro atoms. The van der Waals surface area contributed by atoms with E-state index in [1.807, 2.05) is 0 Å². The second kappa shape index (κ2) is 7.48. The number of carbonyl (C=O) groups is 2. The number of β-amino-alcohol motifs (C(OH)–C–C–N with tert-alkyl or cyclic N) is 1. The molecule has 1 heterocycles. The van der Waals surface area contributed by atoms with Crippen molar-refractivity contribution in [3.63, 3.8) is 0 Å². The normalized spacial score (nSPS) is 24.5. The standard InChI is InChI=1S/C18H35NO6Si/c1-16(2,3)25-15(21)19-11-18(22,10-13(19)14(20)23-7)12-24-26(8,9)17(4,5)6/h13,22H,10-12H2,1-9H3. The molecule has 1 N–H and O–H groups in total. The molecule has 7 nitrogen and oxygen atoms in total. The lowest BCUT2D eigenvalue weighted by atomic mass is 10.0. The van der Waals surface area contributed by atoms with Crippen LogP contribution in [0.2, 0.25) is 18.1 Å². The monoisotopic (exact) mass is 389 g/mol. The minimum absolute atomic E-state index is 0.00539. The van der Waals surface area contributed by atoms with Gasteiger partial charge in [0.15, 0.2) is 8.32 Å². The zero-order valence-corrected chi connectivity index (χ0v) is 18.6. The van der Waals surface area contributed by atoms with Crippen LogP contribution in [0.25, 0.3) is 0 Å². The number of carbonyl (C=O) groups excluding carboxylic acids is 2. The maximum Gasteiger partial charge on any atom is 0.411 e. The van der Waals surface area contributed by atoms with Crippen molar-refractivity contribution < 1.29 is 28.6 Å². The van der Waals surface area contributed by atoms with Crippen LogP contribution in [0.1, 0.15) is 48.0 Å². The Balaban J connectivity index is 2.95. The first kappa shape index (κ1) is 22.9. The van der Waals surface area contributed by atoms with Gasteiger partial charge in [-0.25, -0.2) is 9.59 Å². The van der Waals surface area contributed by atoms with Gasteiger partial charge < -0.3 is 19.0 Å². The van der Waals surface area contributed by atoms with Gasteiger partial charge in [0.25, 0.3) is 0 Å². The van der Waals surface area contributed by atoms with Gasteiger partial charge in [-0.05, 0) is 38.9 Å². The van der Waals surface area contributed by atoms with Crippen molar-refractivity contribution >= 4 is 20.4 Å². The Labute approximate surface area is 158 Å². The van der Waals surface area contributed by atoms with Crippen molar-refractivity contribution in [3.05, 3.63) is 0 Å². The molecule has 0 aromatic carbocycles. The van der Waals surface area contributed by atoms with E-state index >= 15 is 0 Å². The average molecular weight is 390 g/mol. The first-order valence-corrected chi connectivity index (χ1v) is 11.9. The molecule has 0 saturated carbocycles. The van der Waals surface area contributed by atoms with Gasteiger partial charge in [0.05, 0.1) is 20.3 Å². The second-order valence-electron chi connectivity index (χ2n) is 9.62. The van der Waals surface area contributed by atoms with Crippen molar-refractivity contribution in [1.82, 2.24) is 4.90 Å². The van der Waals surface area contributed by atoms with Crippen molar-refractivity contribution in [2.75, 3.05) is 20.3 Å². The topological polar surface area (TPSA) is 85.3 Å². The molecular formula is C18H35NO6Si. The quantitative estimate of drug-likeness (QED) is 0.588. The molecule has 1 amide bonds. The third kappa shape index (κ3) is 5.69. The summed E-state index contributed by atoms with van der Waals surface area (Å²) in [5.74, 6) is -0.570. The zero-order chi connectivity index (χ0) is 20.6. The molecule has 0 aliphatic carbocycles. The van der Waals surface area contributed by atoms with Crippen molar-refractivity contribution in [1.29, 1.82) is 0 Å². The van der Waals surface area contributed by atoms with E-state index in [-0.39, 0.29) is 24.6 Å². The molecule has 1 aliphatic heterocycles. The van der Waals surface area contributed by atoms with Crippen LogP contribution >= 0.6 is 0 Å². The van der Waals surface area contributed by atoms with E-state index < -0.39 is 37.6 Å². The van der Waals surface area contributed by atoms with E-state index in [9.17, 15) is 14.7 Å². The highest BCUT2D eigenvalue weighted by atomic mass is 28.4. The number of amides is 1. The molecule has 26 heavy (non-hydrogen) atoms. The van der Waals surface area contributed by atoms with Gasteiger partial charge in [-0.1, -0.05) is 20.8 Å². The number of hydrogen-bond acceptors (Lipinski definition) is 6. The fraction of sp³-hybridized carbons (Fsp3) is 0.889. The molecule has 0 radical (unpaired) electrons. The molecular weight excluding hydrogens is 354 g/mol. The van der Waals surface area contributed by atoms with Crippen LogP contribution in [0.5, 0.6) is 0 Å². The molecule has 152 valence electrons. The highest BCUT2D eigenvalue weighted by molar-refractivity contribution is 6.74. The molecule has 8 heteroatoms. The van der Waals surface area contributed by atoms with Gasteiger partial charge >= 0.3 is 12.1 Å². The third-order valence-electron chi connectivity index (χ3n) is 5.02. The Morgan fingerprint density at radius 2 is 1.73 bits per heavy atom. The fourth-order valence-electron chi connectivity index (χ4n) is 2.46. The molecule has 1 rings (SSSR count). The lowest BCUT2D eigenvalue weighted by Gasteiger charge is -2.38. The number of methoxy groups -OCH3 is 1. The number of hydrogen-bond donors (Lipinski definition) is 1. The lowest BCUT2D eigenvalue weighted by molar-refractivity contribution is -0.145. The summed E-state index contributed by atoms with van der Waals surface area (Å²) < 4.78 is 16.3. The van der Waals surface area contributed by atoms with Crippen molar-refractivity contribution in [2.24, 2.45) is 0 Å². The fourth-order valence-corrected chi connectivity index (χ4v) is 3.52. The van der Waals surface area contributed by atoms with Crippen LogP contribution < -0.4 is 0 Å². The highest BCUT2D eigenvalue weighted by Crippen LogP contribution is 2.38. The van der Waals surface area contributed by atoms with E-state index in [2.05, 4.69) is 33.9 Å². The molecule has 1 fully saturated rings. The largest absolute Gasteiger partial charge is 0.467 e. The summed E-state index contributed by atoms with van der Waals surface area (Å²) in [7, 11) is -0.812. The molecule has 2 atom stereocenters. The molecule has 0 aromatic heterocycles. The Bertz CT molecular complexity index is 537. The van der Waals surface area contributed by atoms with Gasteiger partial charge in [-0.3, -0.25) is 4.90 Å². The summed E-state index contributed by atoms with van der Waals surface area (Å²) in [6, 6.07) is -0.886. The van der Waals surface area contributed by atoms with Gasteiger partial charge in [0, 0.05) is 6.42 Å². The van der Waals surface area contributed by atoms with Crippen LogP contribution in [-0.4, -0.2) is 67.9 Å². The maximum atomic E-state index is 12.5. The van der Waals surface area contributed by atoms with E-state index in [1.165, 1.54) is 12.0 Å². The SMILES string of the molecule is COC(=O)C1CC(O)(CO[Si](C)(C)C(C)(C)C)CN1C(=O)OC(C)(C)C. The number of likely N-dealkylation sites (tertiary alicyclic amines) is 1. The van der Waals surface area contributed by atoms with E-state index in [0.717, 1.165) is 0 Å². The summed E-state index contributed by atoms with van der Waals surface area (Å²) in [5, 5.41) is 11.0. The number of aliphatic hydroxyl groups is 1. The second-order valence-corrected chi connectivity index (χ2v) is 14.4. The Hall–Kier alpha value is -1.12. The summed E-state index contributed by atoms with van der Waals surface area (Å²) in [5.41, 5.74) is -2.01. The van der Waals surface area contributed by atoms with Crippen molar-refractivity contribution in [3.8, 4) is 0 Å². The van der Waals surface area contributed by atoms with E-state index in [0.29, 0.717) is 0 Å². The first-order chi connectivity index (χ1) is 11.5. The van der Waals surface area contributed by atoms with Gasteiger partial charge in [0.2, 0.25) is 0 Å². The minimum Gasteiger partial charge on any atom is -0.467 e. The summed E-state index contributed by atoms with van der Waals surface area (Å²) in [6.07, 6.45) is -0.579. The Morgan fingerprint density at radius 1 is 1.19 bits per heavy atom. The minimum atomic E-state index is -2.08. The van der Waals surface area contributed by atoms with Gasteiger partial charge in [-0.15, -0.1) is 0 Å². The summed E-state index contributed by atoms with van der Waals surface area (Å²) in [6.45, 7) is 15.8. The van der Waals surface area contributed by atoms with Crippen LogP contribution in [0, 0.1) is 0 Å². The van der Waals surface area contributed by atoms with Gasteiger partial charge in [0.1, 0.15) is 17.2 Å². The van der Waals surface area contributed by atoms with Crippen LogP contribution in [0.15, 0.2) is 0 Å². The number of nitrogens with zero attached hydrogens (tertiary/aromatic N) is 1. The number of ether oxygens (including phenoxy) is 2. The third-order valence-corrected chi connectivity index (χ3v) is 9.50. The number of esters is 1. The van der Waals surface area contributed by atoms with E-state index in [4.69, 9.17) is 13.9 Å². The Kier molecular flexibility index (Phi) is 6.59. The molecule has 1 aliphatic rings. The predicted octanol–water partition coefficient (Wildman–Crippen LogP) is 2.92. The van der Waals surface area contributed by atoms with E-state index in [1.54, 1.807) is 20.8 Å². The van der Waals surface area contributed by atoms with Crippen molar-refractivity contribution in [2.45, 2.75) is 83.3 Å². The predicted molar refractivity (Wildman–Crippen MR) is 101 cm³/mol. The van der Waals surface area contributed by atoms with Crippen LogP contribution in [-0.2, 0) is 18.7 Å². The average Bonchev–Trinajstić information content (AvgIpc) is 2.80. The molecule has 1 saturated heterocycles. The highest BCUT2D eigenvalue weighted by Gasteiger charge is 2.51. The molecule has 0 aromatic rings. The number of rotatable bonds is 4. The maximum absolute atomic E-state index is 12.5. The summed E-state index contributed by atoms with van der Waals surface area (Å²) in [4.78, 5) is 25.9. The smallest absolute Gasteiger partial charge is 0.411 e. The lowest BCUT2D eigenvalue weighted by Crippen LogP contribution is -2.48. The molecule has 0 bridgehead atoms. The zero-order valence-electron chi connectivity index (χ0n) is 17.6. The van der Waals surface area contributed by atoms with Crippen LogP contribution in [0.3, 0.4) is 0 Å². The summed E-state index contributed by atoms with van der Waals surface area (Å²) >= 11 is 0.